The third kappa shape index (κ3) is 4.03. The zero-order valence-electron chi connectivity index (χ0n) is 13.0. The molecule has 5 heteroatoms. The van der Waals surface area contributed by atoms with Gasteiger partial charge in [-0.3, -0.25) is 0 Å². The van der Waals surface area contributed by atoms with E-state index >= 15 is 0 Å². The predicted molar refractivity (Wildman–Crippen MR) is 81.8 cm³/mol. The fourth-order valence-electron chi connectivity index (χ4n) is 2.65. The van der Waals surface area contributed by atoms with Crippen molar-refractivity contribution in [2.24, 2.45) is 5.92 Å². The van der Waals surface area contributed by atoms with E-state index in [0.29, 0.717) is 12.5 Å². The second-order valence-corrected chi connectivity index (χ2v) is 5.53. The van der Waals surface area contributed by atoms with Crippen LogP contribution in [0.15, 0.2) is 18.2 Å². The van der Waals surface area contributed by atoms with Crippen LogP contribution in [0, 0.1) is 5.92 Å². The van der Waals surface area contributed by atoms with E-state index in [4.69, 9.17) is 9.47 Å². The quantitative estimate of drug-likeness (QED) is 0.928. The number of likely N-dealkylation sites (tertiary alicyclic amines) is 1. The van der Waals surface area contributed by atoms with E-state index < -0.39 is 0 Å². The molecule has 5 nitrogen and oxygen atoms in total. The van der Waals surface area contributed by atoms with E-state index in [2.05, 4.69) is 12.2 Å². The molecule has 116 valence electrons. The first-order valence-corrected chi connectivity index (χ1v) is 7.37. The van der Waals surface area contributed by atoms with Gasteiger partial charge in [0.15, 0.2) is 0 Å². The lowest BCUT2D eigenvalue weighted by molar-refractivity contribution is 0.169. The van der Waals surface area contributed by atoms with Crippen LogP contribution in [-0.2, 0) is 6.54 Å². The molecule has 1 aliphatic rings. The van der Waals surface area contributed by atoms with Crippen LogP contribution in [0.5, 0.6) is 11.5 Å². The zero-order chi connectivity index (χ0) is 15.2. The van der Waals surface area contributed by atoms with E-state index in [9.17, 15) is 4.79 Å². The van der Waals surface area contributed by atoms with Crippen molar-refractivity contribution in [2.45, 2.75) is 26.3 Å². The van der Waals surface area contributed by atoms with Crippen LogP contribution in [0.4, 0.5) is 4.79 Å². The number of hydrogen-bond acceptors (Lipinski definition) is 3. The van der Waals surface area contributed by atoms with Crippen LogP contribution in [0.3, 0.4) is 0 Å². The van der Waals surface area contributed by atoms with Crippen LogP contribution < -0.4 is 14.8 Å². The van der Waals surface area contributed by atoms with Crippen molar-refractivity contribution >= 4 is 6.03 Å². The summed E-state index contributed by atoms with van der Waals surface area (Å²) in [5, 5.41) is 2.97. The number of benzene rings is 1. The van der Waals surface area contributed by atoms with Gasteiger partial charge in [-0.1, -0.05) is 6.92 Å². The Labute approximate surface area is 126 Å². The minimum atomic E-state index is -0.000536. The molecule has 2 amide bonds. The van der Waals surface area contributed by atoms with Crippen LogP contribution in [0.2, 0.25) is 0 Å². The summed E-state index contributed by atoms with van der Waals surface area (Å²) >= 11 is 0. The first kappa shape index (κ1) is 15.5. The second-order valence-electron chi connectivity index (χ2n) is 5.53. The highest BCUT2D eigenvalue weighted by atomic mass is 16.5. The number of nitrogens with one attached hydrogen (secondary N) is 1. The number of nitrogens with zero attached hydrogens (tertiary/aromatic N) is 1. The van der Waals surface area contributed by atoms with Gasteiger partial charge in [-0.15, -0.1) is 0 Å². The van der Waals surface area contributed by atoms with Gasteiger partial charge in [0.05, 0.1) is 14.2 Å². The van der Waals surface area contributed by atoms with E-state index in [1.165, 1.54) is 6.42 Å². The fraction of sp³-hybridized carbons (Fsp3) is 0.562. The Morgan fingerprint density at radius 1 is 1.38 bits per heavy atom. The molecule has 0 spiro atoms. The second kappa shape index (κ2) is 7.20. The summed E-state index contributed by atoms with van der Waals surface area (Å²) in [7, 11) is 3.24. The summed E-state index contributed by atoms with van der Waals surface area (Å²) in [4.78, 5) is 14.1. The highest BCUT2D eigenvalue weighted by Crippen LogP contribution is 2.24. The van der Waals surface area contributed by atoms with Gasteiger partial charge in [0.25, 0.3) is 0 Å². The number of ether oxygens (including phenoxy) is 2. The van der Waals surface area contributed by atoms with E-state index in [-0.39, 0.29) is 6.03 Å². The Bertz CT molecular complexity index is 490. The summed E-state index contributed by atoms with van der Waals surface area (Å²) in [5.41, 5.74) is 0.941. The number of piperidine rings is 1. The molecule has 0 radical (unpaired) electrons. The Morgan fingerprint density at radius 3 is 2.86 bits per heavy atom. The maximum Gasteiger partial charge on any atom is 0.317 e. The Kier molecular flexibility index (Phi) is 5.31. The monoisotopic (exact) mass is 292 g/mol. The zero-order valence-corrected chi connectivity index (χ0v) is 13.0. The number of carbonyl (C=O) groups is 1. The van der Waals surface area contributed by atoms with E-state index in [1.807, 2.05) is 23.1 Å². The Hall–Kier alpha value is -1.91. The summed E-state index contributed by atoms with van der Waals surface area (Å²) < 4.78 is 10.5. The summed E-state index contributed by atoms with van der Waals surface area (Å²) in [6, 6.07) is 5.60. The summed E-state index contributed by atoms with van der Waals surface area (Å²) in [6.45, 7) is 4.32. The van der Waals surface area contributed by atoms with Gasteiger partial charge >= 0.3 is 6.03 Å². The SMILES string of the molecule is COc1ccc(CNC(=O)N2CCCC(C)C2)c(OC)c1. The fourth-order valence-corrected chi connectivity index (χ4v) is 2.65. The highest BCUT2D eigenvalue weighted by Gasteiger charge is 2.20. The van der Waals surface area contributed by atoms with Gasteiger partial charge in [-0.25, -0.2) is 4.79 Å². The molecular weight excluding hydrogens is 268 g/mol. The van der Waals surface area contributed by atoms with Crippen molar-refractivity contribution in [1.29, 1.82) is 0 Å². The topological polar surface area (TPSA) is 50.8 Å². The van der Waals surface area contributed by atoms with Crippen LogP contribution in [0.25, 0.3) is 0 Å². The molecule has 0 saturated carbocycles. The molecular formula is C16H24N2O3. The smallest absolute Gasteiger partial charge is 0.317 e. The van der Waals surface area contributed by atoms with Gasteiger partial charge in [0.1, 0.15) is 11.5 Å². The van der Waals surface area contributed by atoms with Crippen molar-refractivity contribution < 1.29 is 14.3 Å². The average Bonchev–Trinajstić information content (AvgIpc) is 2.52. The molecule has 2 rings (SSSR count). The van der Waals surface area contributed by atoms with Crippen molar-refractivity contribution in [1.82, 2.24) is 10.2 Å². The number of carbonyl (C=O) groups excluding carboxylic acids is 1. The Morgan fingerprint density at radius 2 is 2.19 bits per heavy atom. The standard InChI is InChI=1S/C16H24N2O3/c1-12-5-4-8-18(11-12)16(19)17-10-13-6-7-14(20-2)9-15(13)21-3/h6-7,9,12H,4-5,8,10-11H2,1-3H3,(H,17,19). The maximum atomic E-state index is 12.2. The lowest BCUT2D eigenvalue weighted by Gasteiger charge is -2.31. The number of rotatable bonds is 4. The van der Waals surface area contributed by atoms with Gasteiger partial charge in [-0.2, -0.15) is 0 Å². The lowest BCUT2D eigenvalue weighted by Crippen LogP contribution is -2.44. The van der Waals surface area contributed by atoms with Crippen molar-refractivity contribution in [3.05, 3.63) is 23.8 Å². The predicted octanol–water partition coefficient (Wildman–Crippen LogP) is 2.65. The minimum Gasteiger partial charge on any atom is -0.497 e. The number of urea groups is 1. The third-order valence-corrected chi connectivity index (χ3v) is 3.87. The maximum absolute atomic E-state index is 12.2. The van der Waals surface area contributed by atoms with Gasteiger partial charge in [-0.05, 0) is 30.9 Å². The average molecular weight is 292 g/mol. The first-order valence-electron chi connectivity index (χ1n) is 7.37. The van der Waals surface area contributed by atoms with Crippen LogP contribution >= 0.6 is 0 Å². The van der Waals surface area contributed by atoms with E-state index in [0.717, 1.165) is 36.6 Å². The molecule has 1 saturated heterocycles. The summed E-state index contributed by atoms with van der Waals surface area (Å²) in [6.07, 6.45) is 2.29. The molecule has 1 aromatic rings. The van der Waals surface area contributed by atoms with Crippen molar-refractivity contribution in [3.63, 3.8) is 0 Å². The molecule has 1 aromatic carbocycles. The molecule has 1 heterocycles. The van der Waals surface area contributed by atoms with Gasteiger partial charge < -0.3 is 19.7 Å². The molecule has 0 bridgehead atoms. The van der Waals surface area contributed by atoms with E-state index in [1.54, 1.807) is 14.2 Å². The van der Waals surface area contributed by atoms with Crippen molar-refractivity contribution in [2.75, 3.05) is 27.3 Å². The molecule has 21 heavy (non-hydrogen) atoms. The largest absolute Gasteiger partial charge is 0.497 e. The number of amides is 2. The lowest BCUT2D eigenvalue weighted by atomic mass is 10.0. The highest BCUT2D eigenvalue weighted by molar-refractivity contribution is 5.74. The summed E-state index contributed by atoms with van der Waals surface area (Å²) in [5.74, 6) is 2.05. The molecule has 1 aliphatic heterocycles. The Balaban J connectivity index is 1.94. The number of methoxy groups -OCH3 is 2. The van der Waals surface area contributed by atoms with Crippen LogP contribution in [0.1, 0.15) is 25.3 Å². The van der Waals surface area contributed by atoms with Gasteiger partial charge in [0, 0.05) is 31.3 Å². The molecule has 1 atom stereocenters. The third-order valence-electron chi connectivity index (χ3n) is 3.87. The van der Waals surface area contributed by atoms with Crippen LogP contribution in [-0.4, -0.2) is 38.2 Å². The minimum absolute atomic E-state index is 0.000536. The normalized spacial score (nSPS) is 18.2. The van der Waals surface area contributed by atoms with Gasteiger partial charge in [0.2, 0.25) is 0 Å². The first-order chi connectivity index (χ1) is 10.1. The molecule has 1 unspecified atom stereocenters. The molecule has 0 aliphatic carbocycles. The molecule has 0 aromatic heterocycles. The molecule has 1 fully saturated rings. The molecule has 1 N–H and O–H groups in total. The number of hydrogen-bond donors (Lipinski definition) is 1. The van der Waals surface area contributed by atoms with Crippen molar-refractivity contribution in [3.8, 4) is 11.5 Å².